The lowest BCUT2D eigenvalue weighted by atomic mass is 10.1. The van der Waals surface area contributed by atoms with E-state index in [0.717, 1.165) is 0 Å². The first-order valence-electron chi connectivity index (χ1n) is 5.82. The van der Waals surface area contributed by atoms with Gasteiger partial charge in [-0.15, -0.1) is 0 Å². The van der Waals surface area contributed by atoms with Gasteiger partial charge in [0.05, 0.1) is 6.10 Å². The molecule has 104 valence electrons. The standard InChI is InChI=1S/C13H17NO5/c1-8(15)12(13(17)18)14-7-10-5-3-4-6-11(10)19-9(2)16/h3-6,8,12,14-15H,7H2,1-2H3,(H,17,18). The molecule has 0 radical (unpaired) electrons. The molecule has 0 saturated heterocycles. The fraction of sp³-hybridized carbons (Fsp3) is 0.385. The zero-order valence-electron chi connectivity index (χ0n) is 10.8. The smallest absolute Gasteiger partial charge is 0.323 e. The lowest BCUT2D eigenvalue weighted by Crippen LogP contribution is -2.44. The number of aliphatic carboxylic acids is 1. The van der Waals surface area contributed by atoms with Crippen LogP contribution in [-0.4, -0.2) is 34.3 Å². The third kappa shape index (κ3) is 4.69. The molecule has 0 spiro atoms. The fourth-order valence-electron chi connectivity index (χ4n) is 1.59. The van der Waals surface area contributed by atoms with E-state index in [1.165, 1.54) is 13.8 Å². The summed E-state index contributed by atoms with van der Waals surface area (Å²) in [7, 11) is 0. The number of benzene rings is 1. The van der Waals surface area contributed by atoms with E-state index in [4.69, 9.17) is 9.84 Å². The number of carboxylic acid groups (broad SMARTS) is 1. The number of para-hydroxylation sites is 1. The Bertz CT molecular complexity index is 458. The molecule has 0 aliphatic carbocycles. The van der Waals surface area contributed by atoms with E-state index in [2.05, 4.69) is 5.32 Å². The summed E-state index contributed by atoms with van der Waals surface area (Å²) in [5, 5.41) is 21.0. The molecular formula is C13H17NO5. The van der Waals surface area contributed by atoms with Gasteiger partial charge in [0.15, 0.2) is 0 Å². The summed E-state index contributed by atoms with van der Waals surface area (Å²) in [6, 6.07) is 5.72. The first-order valence-corrected chi connectivity index (χ1v) is 5.82. The molecule has 1 aromatic carbocycles. The number of nitrogens with one attached hydrogen (secondary N) is 1. The minimum atomic E-state index is -1.14. The highest BCUT2D eigenvalue weighted by molar-refractivity contribution is 5.74. The van der Waals surface area contributed by atoms with Crippen LogP contribution in [0.4, 0.5) is 0 Å². The van der Waals surface area contributed by atoms with Crippen molar-refractivity contribution in [2.45, 2.75) is 32.5 Å². The van der Waals surface area contributed by atoms with Crippen LogP contribution in [0.2, 0.25) is 0 Å². The van der Waals surface area contributed by atoms with Gasteiger partial charge in [-0.2, -0.15) is 0 Å². The Kier molecular flexibility index (Phi) is 5.47. The molecule has 6 nitrogen and oxygen atoms in total. The van der Waals surface area contributed by atoms with Crippen LogP contribution in [0, 0.1) is 0 Å². The number of aliphatic hydroxyl groups is 1. The number of carbonyl (C=O) groups excluding carboxylic acids is 1. The average Bonchev–Trinajstić information content (AvgIpc) is 2.29. The molecule has 2 unspecified atom stereocenters. The third-order valence-electron chi connectivity index (χ3n) is 2.49. The van der Waals surface area contributed by atoms with Crippen molar-refractivity contribution < 1.29 is 24.5 Å². The summed E-state index contributed by atoms with van der Waals surface area (Å²) < 4.78 is 5.01. The molecule has 1 aromatic rings. The average molecular weight is 267 g/mol. The Morgan fingerprint density at radius 3 is 2.53 bits per heavy atom. The van der Waals surface area contributed by atoms with Gasteiger partial charge < -0.3 is 14.9 Å². The molecule has 0 aliphatic rings. The first-order chi connectivity index (χ1) is 8.91. The lowest BCUT2D eigenvalue weighted by Gasteiger charge is -2.18. The van der Waals surface area contributed by atoms with Gasteiger partial charge in [-0.25, -0.2) is 0 Å². The number of rotatable bonds is 6. The lowest BCUT2D eigenvalue weighted by molar-refractivity contribution is -0.142. The molecule has 19 heavy (non-hydrogen) atoms. The van der Waals surface area contributed by atoms with E-state index in [1.54, 1.807) is 24.3 Å². The zero-order valence-corrected chi connectivity index (χ0v) is 10.8. The predicted octanol–water partition coefficient (Wildman–Crippen LogP) is 0.535. The molecule has 0 amide bonds. The summed E-state index contributed by atoms with van der Waals surface area (Å²) in [6.07, 6.45) is -1.03. The van der Waals surface area contributed by atoms with Gasteiger partial charge in [0.2, 0.25) is 0 Å². The summed E-state index contributed by atoms with van der Waals surface area (Å²) in [4.78, 5) is 21.9. The highest BCUT2D eigenvalue weighted by atomic mass is 16.5. The number of hydrogen-bond acceptors (Lipinski definition) is 5. The normalized spacial score (nSPS) is 13.6. The van der Waals surface area contributed by atoms with Crippen molar-refractivity contribution in [1.82, 2.24) is 5.32 Å². The van der Waals surface area contributed by atoms with Crippen molar-refractivity contribution in [1.29, 1.82) is 0 Å². The van der Waals surface area contributed by atoms with Crippen LogP contribution in [0.3, 0.4) is 0 Å². The Morgan fingerprint density at radius 2 is 2.00 bits per heavy atom. The van der Waals surface area contributed by atoms with Crippen molar-refractivity contribution in [3.63, 3.8) is 0 Å². The van der Waals surface area contributed by atoms with Crippen LogP contribution in [0.5, 0.6) is 5.75 Å². The SMILES string of the molecule is CC(=O)Oc1ccccc1CNC(C(=O)O)C(C)O. The number of carbonyl (C=O) groups is 2. The van der Waals surface area contributed by atoms with Gasteiger partial charge in [-0.1, -0.05) is 18.2 Å². The highest BCUT2D eigenvalue weighted by Crippen LogP contribution is 2.18. The van der Waals surface area contributed by atoms with Crippen LogP contribution < -0.4 is 10.1 Å². The van der Waals surface area contributed by atoms with Gasteiger partial charge in [-0.3, -0.25) is 14.9 Å². The predicted molar refractivity (Wildman–Crippen MR) is 67.7 cm³/mol. The molecular weight excluding hydrogens is 250 g/mol. The van der Waals surface area contributed by atoms with Crippen molar-refractivity contribution >= 4 is 11.9 Å². The van der Waals surface area contributed by atoms with Crippen LogP contribution in [0.1, 0.15) is 19.4 Å². The maximum atomic E-state index is 10.9. The van der Waals surface area contributed by atoms with Crippen LogP contribution in [-0.2, 0) is 16.1 Å². The van der Waals surface area contributed by atoms with Gasteiger partial charge in [0.25, 0.3) is 0 Å². The Hall–Kier alpha value is -1.92. The second kappa shape index (κ2) is 6.86. The van der Waals surface area contributed by atoms with Crippen LogP contribution >= 0.6 is 0 Å². The Morgan fingerprint density at radius 1 is 1.37 bits per heavy atom. The van der Waals surface area contributed by atoms with E-state index in [-0.39, 0.29) is 6.54 Å². The van der Waals surface area contributed by atoms with Gasteiger partial charge in [0.1, 0.15) is 11.8 Å². The van der Waals surface area contributed by atoms with Gasteiger partial charge >= 0.3 is 11.9 Å². The Balaban J connectivity index is 2.76. The number of aliphatic hydroxyl groups excluding tert-OH is 1. The van der Waals surface area contributed by atoms with Gasteiger partial charge in [-0.05, 0) is 13.0 Å². The summed E-state index contributed by atoms with van der Waals surface area (Å²) in [5.74, 6) is -1.21. The molecule has 0 bridgehead atoms. The van der Waals surface area contributed by atoms with E-state index in [9.17, 15) is 14.7 Å². The summed E-state index contributed by atoms with van der Waals surface area (Å²) in [5.41, 5.74) is 0.643. The van der Waals surface area contributed by atoms with E-state index in [0.29, 0.717) is 11.3 Å². The third-order valence-corrected chi connectivity index (χ3v) is 2.49. The quantitative estimate of drug-likeness (QED) is 0.514. The number of hydrogen-bond donors (Lipinski definition) is 3. The zero-order chi connectivity index (χ0) is 14.4. The monoisotopic (exact) mass is 267 g/mol. The molecule has 1 rings (SSSR count). The number of esters is 1. The van der Waals surface area contributed by atoms with E-state index in [1.807, 2.05) is 0 Å². The number of carboxylic acids is 1. The van der Waals surface area contributed by atoms with Crippen molar-refractivity contribution in [3.8, 4) is 5.75 Å². The minimum absolute atomic E-state index is 0.172. The maximum Gasteiger partial charge on any atom is 0.323 e. The largest absolute Gasteiger partial charge is 0.480 e. The highest BCUT2D eigenvalue weighted by Gasteiger charge is 2.22. The Labute approximate surface area is 111 Å². The number of ether oxygens (including phenoxy) is 1. The molecule has 0 heterocycles. The van der Waals surface area contributed by atoms with Crippen LogP contribution in [0.25, 0.3) is 0 Å². The summed E-state index contributed by atoms with van der Waals surface area (Å²) in [6.45, 7) is 2.86. The van der Waals surface area contributed by atoms with Crippen molar-refractivity contribution in [2.24, 2.45) is 0 Å². The molecule has 2 atom stereocenters. The molecule has 0 aliphatic heterocycles. The molecule has 0 fully saturated rings. The molecule has 0 aromatic heterocycles. The molecule has 0 saturated carbocycles. The second-order valence-electron chi connectivity index (χ2n) is 4.14. The molecule has 6 heteroatoms. The van der Waals surface area contributed by atoms with Crippen molar-refractivity contribution in [2.75, 3.05) is 0 Å². The second-order valence-corrected chi connectivity index (χ2v) is 4.14. The van der Waals surface area contributed by atoms with Crippen LogP contribution in [0.15, 0.2) is 24.3 Å². The van der Waals surface area contributed by atoms with E-state index >= 15 is 0 Å². The fourth-order valence-corrected chi connectivity index (χ4v) is 1.59. The topological polar surface area (TPSA) is 95.9 Å². The van der Waals surface area contributed by atoms with Gasteiger partial charge in [0, 0.05) is 19.0 Å². The van der Waals surface area contributed by atoms with E-state index < -0.39 is 24.1 Å². The minimum Gasteiger partial charge on any atom is -0.480 e. The van der Waals surface area contributed by atoms with Crippen molar-refractivity contribution in [3.05, 3.63) is 29.8 Å². The summed E-state index contributed by atoms with van der Waals surface area (Å²) >= 11 is 0. The maximum absolute atomic E-state index is 10.9. The first kappa shape index (κ1) is 15.1. The molecule has 3 N–H and O–H groups in total.